The predicted molar refractivity (Wildman–Crippen MR) is 109 cm³/mol. The minimum absolute atomic E-state index is 0.129. The van der Waals surface area contributed by atoms with Gasteiger partial charge >= 0.3 is 0 Å². The lowest BCUT2D eigenvalue weighted by Crippen LogP contribution is -2.23. The summed E-state index contributed by atoms with van der Waals surface area (Å²) in [5, 5.41) is 5.64. The smallest absolute Gasteiger partial charge is 0.259 e. The summed E-state index contributed by atoms with van der Waals surface area (Å²) in [4.78, 5) is 24.6. The summed E-state index contributed by atoms with van der Waals surface area (Å²) < 4.78 is 11.4. The maximum atomic E-state index is 12.7. The highest BCUT2D eigenvalue weighted by molar-refractivity contribution is 9.10. The van der Waals surface area contributed by atoms with E-state index < -0.39 is 0 Å². The van der Waals surface area contributed by atoms with E-state index >= 15 is 0 Å². The molecule has 0 spiro atoms. The van der Waals surface area contributed by atoms with Crippen LogP contribution in [0.3, 0.4) is 0 Å². The number of carbonyl (C=O) groups excluding carboxylic acids is 2. The average Bonchev–Trinajstić information content (AvgIpc) is 2.67. The molecular formula is C20H23BrN2O4. The molecule has 6 nitrogen and oxygen atoms in total. The minimum Gasteiger partial charge on any atom is -0.490 e. The number of carbonyl (C=O) groups is 2. The summed E-state index contributed by atoms with van der Waals surface area (Å²) in [6, 6.07) is 12.0. The van der Waals surface area contributed by atoms with Crippen molar-refractivity contribution in [1.29, 1.82) is 0 Å². The summed E-state index contributed by atoms with van der Waals surface area (Å²) in [5.41, 5.74) is 1.55. The molecule has 0 radical (unpaired) electrons. The molecule has 0 bridgehead atoms. The quantitative estimate of drug-likeness (QED) is 0.587. The fourth-order valence-electron chi connectivity index (χ4n) is 2.28. The maximum Gasteiger partial charge on any atom is 0.259 e. The van der Waals surface area contributed by atoms with Crippen LogP contribution < -0.4 is 15.4 Å². The van der Waals surface area contributed by atoms with Gasteiger partial charge in [0.15, 0.2) is 0 Å². The van der Waals surface area contributed by atoms with Crippen molar-refractivity contribution >= 4 is 33.4 Å². The standard InChI is InChI=1S/C20H23BrN2O4/c1-3-10-22-19(24)14-4-7-16(8-5-14)23-20(25)17-13-15(21)6-9-18(17)27-12-11-26-2/h4-9,13H,3,10-12H2,1-2H3,(H,22,24)(H,23,25). The number of anilines is 1. The van der Waals surface area contributed by atoms with E-state index in [0.29, 0.717) is 42.3 Å². The molecule has 2 aromatic carbocycles. The van der Waals surface area contributed by atoms with Gasteiger partial charge in [-0.25, -0.2) is 0 Å². The Morgan fingerprint density at radius 2 is 1.78 bits per heavy atom. The van der Waals surface area contributed by atoms with E-state index in [2.05, 4.69) is 26.6 Å². The highest BCUT2D eigenvalue weighted by atomic mass is 79.9. The van der Waals surface area contributed by atoms with Crippen LogP contribution in [0.4, 0.5) is 5.69 Å². The maximum absolute atomic E-state index is 12.7. The number of hydrogen-bond donors (Lipinski definition) is 2. The largest absolute Gasteiger partial charge is 0.490 e. The Morgan fingerprint density at radius 3 is 2.44 bits per heavy atom. The molecule has 0 atom stereocenters. The molecule has 0 aliphatic rings. The fourth-order valence-corrected chi connectivity index (χ4v) is 2.65. The van der Waals surface area contributed by atoms with Crippen LogP contribution in [0, 0.1) is 0 Å². The van der Waals surface area contributed by atoms with Crippen LogP contribution in [0.5, 0.6) is 5.75 Å². The fraction of sp³-hybridized carbons (Fsp3) is 0.300. The van der Waals surface area contributed by atoms with Gasteiger partial charge in [0.25, 0.3) is 11.8 Å². The van der Waals surface area contributed by atoms with Gasteiger partial charge < -0.3 is 20.1 Å². The molecule has 0 fully saturated rings. The molecule has 0 aromatic heterocycles. The van der Waals surface area contributed by atoms with E-state index in [9.17, 15) is 9.59 Å². The Kier molecular flexibility index (Phi) is 8.29. The van der Waals surface area contributed by atoms with Crippen LogP contribution in [-0.4, -0.2) is 38.7 Å². The van der Waals surface area contributed by atoms with Crippen molar-refractivity contribution in [3.05, 3.63) is 58.1 Å². The van der Waals surface area contributed by atoms with Crippen LogP contribution in [-0.2, 0) is 4.74 Å². The zero-order valence-electron chi connectivity index (χ0n) is 15.4. The van der Waals surface area contributed by atoms with Gasteiger partial charge in [-0.05, 0) is 48.9 Å². The number of halogens is 1. The second-order valence-corrected chi connectivity index (χ2v) is 6.68. The molecule has 0 aliphatic heterocycles. The van der Waals surface area contributed by atoms with Gasteiger partial charge in [0.1, 0.15) is 12.4 Å². The van der Waals surface area contributed by atoms with Gasteiger partial charge in [-0.15, -0.1) is 0 Å². The highest BCUT2D eigenvalue weighted by Crippen LogP contribution is 2.24. The number of benzene rings is 2. The second kappa shape index (κ2) is 10.7. The third kappa shape index (κ3) is 6.37. The zero-order chi connectivity index (χ0) is 19.6. The van der Waals surface area contributed by atoms with Crippen molar-refractivity contribution in [2.24, 2.45) is 0 Å². The van der Waals surface area contributed by atoms with E-state index in [4.69, 9.17) is 9.47 Å². The molecule has 2 aromatic rings. The van der Waals surface area contributed by atoms with Gasteiger partial charge in [-0.1, -0.05) is 22.9 Å². The molecule has 144 valence electrons. The normalized spacial score (nSPS) is 10.3. The molecule has 0 saturated heterocycles. The first-order chi connectivity index (χ1) is 13.0. The monoisotopic (exact) mass is 434 g/mol. The third-order valence-corrected chi connectivity index (χ3v) is 4.17. The summed E-state index contributed by atoms with van der Waals surface area (Å²) >= 11 is 3.37. The lowest BCUT2D eigenvalue weighted by Gasteiger charge is -2.12. The number of ether oxygens (including phenoxy) is 2. The molecule has 0 heterocycles. The number of hydrogen-bond acceptors (Lipinski definition) is 4. The molecule has 0 aliphatic carbocycles. The Hall–Kier alpha value is -2.38. The van der Waals surface area contributed by atoms with Crippen molar-refractivity contribution < 1.29 is 19.1 Å². The lowest BCUT2D eigenvalue weighted by atomic mass is 10.1. The number of rotatable bonds is 9. The van der Waals surface area contributed by atoms with Gasteiger partial charge in [-0.3, -0.25) is 9.59 Å². The van der Waals surface area contributed by atoms with Crippen molar-refractivity contribution in [2.75, 3.05) is 32.2 Å². The predicted octanol–water partition coefficient (Wildman–Crippen LogP) is 3.87. The molecule has 2 amide bonds. The Morgan fingerprint density at radius 1 is 1.04 bits per heavy atom. The van der Waals surface area contributed by atoms with Gasteiger partial charge in [0, 0.05) is 29.4 Å². The average molecular weight is 435 g/mol. The molecule has 2 rings (SSSR count). The van der Waals surface area contributed by atoms with Crippen LogP contribution in [0.1, 0.15) is 34.1 Å². The number of amides is 2. The molecule has 27 heavy (non-hydrogen) atoms. The number of methoxy groups -OCH3 is 1. The molecule has 7 heteroatoms. The van der Waals surface area contributed by atoms with Crippen LogP contribution in [0.2, 0.25) is 0 Å². The molecule has 0 unspecified atom stereocenters. The number of nitrogens with one attached hydrogen (secondary N) is 2. The van der Waals surface area contributed by atoms with E-state index in [0.717, 1.165) is 10.9 Å². The summed E-state index contributed by atoms with van der Waals surface area (Å²) in [6.07, 6.45) is 0.876. The highest BCUT2D eigenvalue weighted by Gasteiger charge is 2.14. The summed E-state index contributed by atoms with van der Waals surface area (Å²) in [6.45, 7) is 3.40. The van der Waals surface area contributed by atoms with Crippen molar-refractivity contribution in [3.63, 3.8) is 0 Å². The van der Waals surface area contributed by atoms with Crippen LogP contribution in [0.15, 0.2) is 46.9 Å². The third-order valence-electron chi connectivity index (χ3n) is 3.67. The first kappa shape index (κ1) is 20.9. The van der Waals surface area contributed by atoms with Crippen molar-refractivity contribution in [3.8, 4) is 5.75 Å². The Labute approximate surface area is 167 Å². The minimum atomic E-state index is -0.299. The first-order valence-corrected chi connectivity index (χ1v) is 9.45. The summed E-state index contributed by atoms with van der Waals surface area (Å²) in [7, 11) is 1.59. The Bertz CT molecular complexity index is 778. The van der Waals surface area contributed by atoms with E-state index in [1.165, 1.54) is 0 Å². The van der Waals surface area contributed by atoms with Crippen LogP contribution >= 0.6 is 15.9 Å². The summed E-state index contributed by atoms with van der Waals surface area (Å²) in [5.74, 6) is 0.0470. The van der Waals surface area contributed by atoms with Gasteiger partial charge in [0.2, 0.25) is 0 Å². The van der Waals surface area contributed by atoms with E-state index in [1.54, 1.807) is 43.5 Å². The zero-order valence-corrected chi connectivity index (χ0v) is 17.0. The molecular weight excluding hydrogens is 412 g/mol. The SMILES string of the molecule is CCCNC(=O)c1ccc(NC(=O)c2cc(Br)ccc2OCCOC)cc1. The van der Waals surface area contributed by atoms with Crippen molar-refractivity contribution in [2.45, 2.75) is 13.3 Å². The van der Waals surface area contributed by atoms with Gasteiger partial charge in [-0.2, -0.15) is 0 Å². The van der Waals surface area contributed by atoms with Crippen LogP contribution in [0.25, 0.3) is 0 Å². The Balaban J connectivity index is 2.08. The van der Waals surface area contributed by atoms with E-state index in [-0.39, 0.29) is 11.8 Å². The molecule has 0 saturated carbocycles. The van der Waals surface area contributed by atoms with E-state index in [1.807, 2.05) is 13.0 Å². The van der Waals surface area contributed by atoms with Gasteiger partial charge in [0.05, 0.1) is 12.2 Å². The second-order valence-electron chi connectivity index (χ2n) is 5.77. The van der Waals surface area contributed by atoms with Crippen molar-refractivity contribution in [1.82, 2.24) is 5.32 Å². The lowest BCUT2D eigenvalue weighted by molar-refractivity contribution is 0.0953. The first-order valence-electron chi connectivity index (χ1n) is 8.66. The molecule has 2 N–H and O–H groups in total. The topological polar surface area (TPSA) is 76.7 Å².